The van der Waals surface area contributed by atoms with Crippen molar-refractivity contribution in [3.05, 3.63) is 71.4 Å². The summed E-state index contributed by atoms with van der Waals surface area (Å²) in [4.78, 5) is 12.4. The number of hydrogen-bond acceptors (Lipinski definition) is 3. The van der Waals surface area contributed by atoms with E-state index in [9.17, 15) is 4.79 Å². The summed E-state index contributed by atoms with van der Waals surface area (Å²) >= 11 is 0. The molecule has 0 amide bonds. The van der Waals surface area contributed by atoms with E-state index >= 15 is 0 Å². The molecule has 0 saturated carbocycles. The Morgan fingerprint density at radius 2 is 1.88 bits per heavy atom. The van der Waals surface area contributed by atoms with Gasteiger partial charge in [-0.15, -0.1) is 0 Å². The topological polar surface area (TPSA) is 57.2 Å². The second-order valence-corrected chi connectivity index (χ2v) is 6.40. The molecule has 0 spiro atoms. The Labute approximate surface area is 148 Å². The third-order valence-electron chi connectivity index (χ3n) is 4.19. The van der Waals surface area contributed by atoms with Gasteiger partial charge in [0.1, 0.15) is 5.69 Å². The molecule has 3 aromatic rings. The number of aromatic nitrogens is 1. The second kappa shape index (κ2) is 7.53. The van der Waals surface area contributed by atoms with Crippen molar-refractivity contribution in [2.45, 2.75) is 32.9 Å². The lowest BCUT2D eigenvalue weighted by molar-refractivity contribution is 0.0515. The number of nitrogens with two attached hydrogens (primary N) is 1. The van der Waals surface area contributed by atoms with Gasteiger partial charge < -0.3 is 15.0 Å². The van der Waals surface area contributed by atoms with E-state index in [1.165, 1.54) is 5.56 Å². The molecule has 0 aliphatic rings. The first-order chi connectivity index (χ1) is 12.1. The summed E-state index contributed by atoms with van der Waals surface area (Å²) in [6, 6.07) is 18.4. The van der Waals surface area contributed by atoms with E-state index < -0.39 is 0 Å². The van der Waals surface area contributed by atoms with Crippen LogP contribution in [0.4, 0.5) is 0 Å². The van der Waals surface area contributed by atoms with Crippen molar-refractivity contribution in [3.63, 3.8) is 0 Å². The molecule has 2 N–H and O–H groups in total. The number of rotatable bonds is 6. The van der Waals surface area contributed by atoms with E-state index in [4.69, 9.17) is 10.5 Å². The quantitative estimate of drug-likeness (QED) is 0.697. The molecule has 1 unspecified atom stereocenters. The Hall–Kier alpha value is -2.59. The highest BCUT2D eigenvalue weighted by Gasteiger charge is 2.17. The summed E-state index contributed by atoms with van der Waals surface area (Å²) in [7, 11) is 0. The zero-order valence-electron chi connectivity index (χ0n) is 14.7. The third-order valence-corrected chi connectivity index (χ3v) is 4.19. The molecule has 0 aliphatic carbocycles. The molecule has 1 aromatic heterocycles. The lowest BCUT2D eigenvalue weighted by atomic mass is 10.1. The summed E-state index contributed by atoms with van der Waals surface area (Å²) in [6.07, 6.45) is 0.814. The van der Waals surface area contributed by atoms with Gasteiger partial charge in [-0.3, -0.25) is 0 Å². The third kappa shape index (κ3) is 3.91. The van der Waals surface area contributed by atoms with Gasteiger partial charge in [0, 0.05) is 23.5 Å². The molecule has 1 heterocycles. The Bertz CT molecular complexity index is 866. The summed E-state index contributed by atoms with van der Waals surface area (Å²) in [5.41, 5.74) is 9.84. The maximum Gasteiger partial charge on any atom is 0.354 e. The van der Waals surface area contributed by atoms with Crippen molar-refractivity contribution in [1.29, 1.82) is 0 Å². The van der Waals surface area contributed by atoms with E-state index in [0.29, 0.717) is 18.8 Å². The zero-order chi connectivity index (χ0) is 17.8. The predicted molar refractivity (Wildman–Crippen MR) is 101 cm³/mol. The van der Waals surface area contributed by atoms with Crippen LogP contribution in [0.25, 0.3) is 10.9 Å². The minimum atomic E-state index is -0.289. The summed E-state index contributed by atoms with van der Waals surface area (Å²) < 4.78 is 7.28. The van der Waals surface area contributed by atoms with E-state index in [1.54, 1.807) is 0 Å². The van der Waals surface area contributed by atoms with Crippen LogP contribution < -0.4 is 5.73 Å². The van der Waals surface area contributed by atoms with E-state index in [0.717, 1.165) is 22.9 Å². The van der Waals surface area contributed by atoms with Gasteiger partial charge in [-0.1, -0.05) is 36.4 Å². The van der Waals surface area contributed by atoms with Gasteiger partial charge in [-0.2, -0.15) is 0 Å². The van der Waals surface area contributed by atoms with Crippen LogP contribution in [-0.4, -0.2) is 23.2 Å². The van der Waals surface area contributed by atoms with Gasteiger partial charge in [-0.25, -0.2) is 4.79 Å². The van der Waals surface area contributed by atoms with Gasteiger partial charge in [-0.05, 0) is 49.6 Å². The zero-order valence-corrected chi connectivity index (χ0v) is 14.7. The van der Waals surface area contributed by atoms with Gasteiger partial charge in [0.15, 0.2) is 0 Å². The largest absolute Gasteiger partial charge is 0.461 e. The van der Waals surface area contributed by atoms with Crippen LogP contribution in [0.15, 0.2) is 54.6 Å². The lowest BCUT2D eigenvalue weighted by Crippen LogP contribution is -2.17. The first-order valence-electron chi connectivity index (χ1n) is 8.67. The molecule has 0 saturated heterocycles. The fraction of sp³-hybridized carbons (Fsp3) is 0.286. The number of carbonyl (C=O) groups is 1. The smallest absolute Gasteiger partial charge is 0.354 e. The highest BCUT2D eigenvalue weighted by atomic mass is 16.5. The molecule has 0 bridgehead atoms. The molecule has 0 radical (unpaired) electrons. The number of carbonyl (C=O) groups excluding carboxylic acids is 1. The Kier molecular flexibility index (Phi) is 5.19. The highest BCUT2D eigenvalue weighted by Crippen LogP contribution is 2.24. The van der Waals surface area contributed by atoms with Crippen molar-refractivity contribution in [2.24, 2.45) is 5.73 Å². The molecule has 4 nitrogen and oxygen atoms in total. The fourth-order valence-corrected chi connectivity index (χ4v) is 3.13. The second-order valence-electron chi connectivity index (χ2n) is 6.40. The fourth-order valence-electron chi connectivity index (χ4n) is 3.13. The van der Waals surface area contributed by atoms with Crippen molar-refractivity contribution >= 4 is 16.9 Å². The number of hydrogen-bond donors (Lipinski definition) is 1. The first-order valence-corrected chi connectivity index (χ1v) is 8.67. The minimum Gasteiger partial charge on any atom is -0.461 e. The van der Waals surface area contributed by atoms with E-state index in [2.05, 4.69) is 30.3 Å². The van der Waals surface area contributed by atoms with E-state index in [-0.39, 0.29) is 12.0 Å². The molecule has 130 valence electrons. The highest BCUT2D eigenvalue weighted by molar-refractivity contribution is 5.96. The lowest BCUT2D eigenvalue weighted by Gasteiger charge is -2.11. The Morgan fingerprint density at radius 3 is 2.56 bits per heavy atom. The van der Waals surface area contributed by atoms with Crippen LogP contribution in [-0.2, 0) is 17.7 Å². The van der Waals surface area contributed by atoms with Gasteiger partial charge in [0.05, 0.1) is 6.61 Å². The molecule has 3 rings (SSSR count). The standard InChI is InChI=1S/C21H24N2O2/c1-3-25-21(24)20-13-18-12-17(11-15(2)22)9-10-19(18)23(20)14-16-7-5-4-6-8-16/h4-10,12-13,15H,3,11,14,22H2,1-2H3. The number of ether oxygens (including phenoxy) is 1. The molecule has 4 heteroatoms. The van der Waals surface area contributed by atoms with Crippen LogP contribution in [0.2, 0.25) is 0 Å². The molecule has 0 fully saturated rings. The monoisotopic (exact) mass is 336 g/mol. The van der Waals surface area contributed by atoms with Gasteiger partial charge >= 0.3 is 5.97 Å². The van der Waals surface area contributed by atoms with E-state index in [1.807, 2.05) is 42.7 Å². The van der Waals surface area contributed by atoms with Crippen molar-refractivity contribution in [1.82, 2.24) is 4.57 Å². The minimum absolute atomic E-state index is 0.105. The van der Waals surface area contributed by atoms with Crippen molar-refractivity contribution in [3.8, 4) is 0 Å². The molecule has 0 aliphatic heterocycles. The average molecular weight is 336 g/mol. The average Bonchev–Trinajstić information content (AvgIpc) is 2.93. The molecule has 1 atom stereocenters. The number of benzene rings is 2. The van der Waals surface area contributed by atoms with Crippen molar-refractivity contribution in [2.75, 3.05) is 6.61 Å². The van der Waals surface area contributed by atoms with Gasteiger partial charge in [0.25, 0.3) is 0 Å². The summed E-state index contributed by atoms with van der Waals surface area (Å²) in [5, 5.41) is 1.04. The number of esters is 1. The molecular formula is C21H24N2O2. The van der Waals surface area contributed by atoms with Crippen LogP contribution in [0.5, 0.6) is 0 Å². The number of fused-ring (bicyclic) bond motifs is 1. The van der Waals surface area contributed by atoms with Crippen LogP contribution >= 0.6 is 0 Å². The van der Waals surface area contributed by atoms with Crippen LogP contribution in [0.1, 0.15) is 35.5 Å². The maximum atomic E-state index is 12.4. The number of nitrogens with zero attached hydrogens (tertiary/aromatic N) is 1. The Balaban J connectivity index is 2.07. The first kappa shape index (κ1) is 17.2. The SMILES string of the molecule is CCOC(=O)c1cc2cc(CC(C)N)ccc2n1Cc1ccccc1. The normalized spacial score (nSPS) is 12.3. The molecule has 25 heavy (non-hydrogen) atoms. The molecular weight excluding hydrogens is 312 g/mol. The predicted octanol–water partition coefficient (Wildman–Crippen LogP) is 3.76. The summed E-state index contributed by atoms with van der Waals surface area (Å²) in [6.45, 7) is 4.81. The van der Waals surface area contributed by atoms with Crippen LogP contribution in [0, 0.1) is 0 Å². The van der Waals surface area contributed by atoms with Crippen molar-refractivity contribution < 1.29 is 9.53 Å². The summed E-state index contributed by atoms with van der Waals surface area (Å²) in [5.74, 6) is -0.289. The molecule has 2 aromatic carbocycles. The van der Waals surface area contributed by atoms with Gasteiger partial charge in [0.2, 0.25) is 0 Å². The van der Waals surface area contributed by atoms with Crippen LogP contribution in [0.3, 0.4) is 0 Å². The Morgan fingerprint density at radius 1 is 1.12 bits per heavy atom. The maximum absolute atomic E-state index is 12.4.